The highest BCUT2D eigenvalue weighted by atomic mass is 16.5. The van der Waals surface area contributed by atoms with E-state index in [0.717, 1.165) is 0 Å². The standard InChI is InChI=1S/C20H19N3O5/c1-14(22-18(24)12-27-17-5-3-2-4-6-17)20(26)28-13-19(25)23-16-9-7-15(11-21)8-10-16/h2-10,14H,12-13H2,1H3,(H,22,24)(H,23,25)/t14-/m0/s1. The van der Waals surface area contributed by atoms with E-state index in [2.05, 4.69) is 10.6 Å². The predicted molar refractivity (Wildman–Crippen MR) is 100 cm³/mol. The number of anilines is 1. The van der Waals surface area contributed by atoms with Crippen molar-refractivity contribution in [3.63, 3.8) is 0 Å². The van der Waals surface area contributed by atoms with E-state index in [1.165, 1.54) is 6.92 Å². The van der Waals surface area contributed by atoms with E-state index in [0.29, 0.717) is 17.0 Å². The Balaban J connectivity index is 1.70. The Hall–Kier alpha value is -3.86. The van der Waals surface area contributed by atoms with Crippen LogP contribution in [0.3, 0.4) is 0 Å². The highest BCUT2D eigenvalue weighted by Crippen LogP contribution is 2.09. The lowest BCUT2D eigenvalue weighted by atomic mass is 10.2. The highest BCUT2D eigenvalue weighted by molar-refractivity contribution is 5.93. The van der Waals surface area contributed by atoms with Crippen LogP contribution in [0, 0.1) is 11.3 Å². The lowest BCUT2D eigenvalue weighted by Gasteiger charge is -2.14. The van der Waals surface area contributed by atoms with Gasteiger partial charge in [0.15, 0.2) is 13.2 Å². The summed E-state index contributed by atoms with van der Waals surface area (Å²) in [4.78, 5) is 35.5. The first-order valence-electron chi connectivity index (χ1n) is 8.42. The normalized spacial score (nSPS) is 10.9. The molecule has 0 fully saturated rings. The van der Waals surface area contributed by atoms with Gasteiger partial charge >= 0.3 is 5.97 Å². The van der Waals surface area contributed by atoms with E-state index < -0.39 is 30.4 Å². The first-order valence-corrected chi connectivity index (χ1v) is 8.42. The van der Waals surface area contributed by atoms with Gasteiger partial charge in [0.1, 0.15) is 11.8 Å². The van der Waals surface area contributed by atoms with Gasteiger partial charge in [-0.2, -0.15) is 5.26 Å². The predicted octanol–water partition coefficient (Wildman–Crippen LogP) is 1.62. The number of carbonyl (C=O) groups excluding carboxylic acids is 3. The summed E-state index contributed by atoms with van der Waals surface area (Å²) in [6.07, 6.45) is 0. The topological polar surface area (TPSA) is 118 Å². The van der Waals surface area contributed by atoms with Crippen molar-refractivity contribution in [3.8, 4) is 11.8 Å². The molecule has 2 amide bonds. The monoisotopic (exact) mass is 381 g/mol. The Kier molecular flexibility index (Phi) is 7.54. The molecule has 0 bridgehead atoms. The maximum Gasteiger partial charge on any atom is 0.328 e. The van der Waals surface area contributed by atoms with Gasteiger partial charge in [-0.3, -0.25) is 9.59 Å². The van der Waals surface area contributed by atoms with E-state index >= 15 is 0 Å². The van der Waals surface area contributed by atoms with Crippen LogP contribution in [-0.2, 0) is 19.1 Å². The SMILES string of the molecule is C[C@H](NC(=O)COc1ccccc1)C(=O)OCC(=O)Nc1ccc(C#N)cc1. The van der Waals surface area contributed by atoms with Gasteiger partial charge in [0, 0.05) is 5.69 Å². The number of hydrogen-bond acceptors (Lipinski definition) is 6. The summed E-state index contributed by atoms with van der Waals surface area (Å²) in [7, 11) is 0. The fourth-order valence-corrected chi connectivity index (χ4v) is 2.09. The second kappa shape index (κ2) is 10.3. The molecule has 1 atom stereocenters. The zero-order valence-electron chi connectivity index (χ0n) is 15.2. The van der Waals surface area contributed by atoms with Crippen molar-refractivity contribution in [1.82, 2.24) is 5.32 Å². The Morgan fingerprint density at radius 2 is 1.68 bits per heavy atom. The number of nitrogens with one attached hydrogen (secondary N) is 2. The van der Waals surface area contributed by atoms with E-state index in [1.54, 1.807) is 48.5 Å². The third-order valence-corrected chi connectivity index (χ3v) is 3.49. The van der Waals surface area contributed by atoms with Crippen molar-refractivity contribution in [1.29, 1.82) is 5.26 Å². The zero-order chi connectivity index (χ0) is 20.4. The molecule has 144 valence electrons. The number of nitrogens with zero attached hydrogens (tertiary/aromatic N) is 1. The molecule has 0 saturated heterocycles. The zero-order valence-corrected chi connectivity index (χ0v) is 15.2. The van der Waals surface area contributed by atoms with Gasteiger partial charge in [0.05, 0.1) is 11.6 Å². The first kappa shape index (κ1) is 20.5. The van der Waals surface area contributed by atoms with Crippen LogP contribution in [0.4, 0.5) is 5.69 Å². The number of carbonyl (C=O) groups is 3. The maximum absolute atomic E-state index is 11.9. The minimum atomic E-state index is -0.936. The summed E-state index contributed by atoms with van der Waals surface area (Å²) in [5.74, 6) is -1.24. The quantitative estimate of drug-likeness (QED) is 0.671. The molecule has 0 heterocycles. The third kappa shape index (κ3) is 6.80. The van der Waals surface area contributed by atoms with Crippen molar-refractivity contribution >= 4 is 23.5 Å². The van der Waals surface area contributed by atoms with Gasteiger partial charge in [0.25, 0.3) is 11.8 Å². The Morgan fingerprint density at radius 1 is 1.00 bits per heavy atom. The number of para-hydroxylation sites is 1. The van der Waals surface area contributed by atoms with Crippen molar-refractivity contribution in [2.24, 2.45) is 0 Å². The van der Waals surface area contributed by atoms with E-state index in [9.17, 15) is 14.4 Å². The number of hydrogen-bond donors (Lipinski definition) is 2. The summed E-state index contributed by atoms with van der Waals surface area (Å²) < 4.78 is 10.2. The Morgan fingerprint density at radius 3 is 2.32 bits per heavy atom. The van der Waals surface area contributed by atoms with Crippen LogP contribution in [0.2, 0.25) is 0 Å². The first-order chi connectivity index (χ1) is 13.5. The second-order valence-corrected chi connectivity index (χ2v) is 5.74. The molecule has 0 unspecified atom stereocenters. The van der Waals surface area contributed by atoms with E-state index in [4.69, 9.17) is 14.7 Å². The van der Waals surface area contributed by atoms with Crippen molar-refractivity contribution < 1.29 is 23.9 Å². The van der Waals surface area contributed by atoms with Crippen LogP contribution in [0.1, 0.15) is 12.5 Å². The third-order valence-electron chi connectivity index (χ3n) is 3.49. The largest absolute Gasteiger partial charge is 0.484 e. The summed E-state index contributed by atoms with van der Waals surface area (Å²) in [6.45, 7) is 0.696. The van der Waals surface area contributed by atoms with Crippen LogP contribution in [0.5, 0.6) is 5.75 Å². The van der Waals surface area contributed by atoms with Crippen molar-refractivity contribution in [2.45, 2.75) is 13.0 Å². The molecule has 0 radical (unpaired) electrons. The van der Waals surface area contributed by atoms with Gasteiger partial charge in [-0.1, -0.05) is 18.2 Å². The lowest BCUT2D eigenvalue weighted by molar-refractivity contribution is -0.150. The molecule has 8 heteroatoms. The van der Waals surface area contributed by atoms with Gasteiger partial charge in [-0.25, -0.2) is 4.79 Å². The number of amides is 2. The van der Waals surface area contributed by atoms with Crippen molar-refractivity contribution in [2.75, 3.05) is 18.5 Å². The molecule has 2 aromatic carbocycles. The van der Waals surface area contributed by atoms with Crippen LogP contribution < -0.4 is 15.4 Å². The fourth-order valence-electron chi connectivity index (χ4n) is 2.09. The number of ether oxygens (including phenoxy) is 2. The van der Waals surface area contributed by atoms with Gasteiger partial charge in [-0.05, 0) is 43.3 Å². The number of benzene rings is 2. The van der Waals surface area contributed by atoms with E-state index in [-0.39, 0.29) is 6.61 Å². The molecule has 0 aliphatic carbocycles. The molecular weight excluding hydrogens is 362 g/mol. The van der Waals surface area contributed by atoms with Gasteiger partial charge in [0.2, 0.25) is 0 Å². The van der Waals surface area contributed by atoms with Crippen LogP contribution >= 0.6 is 0 Å². The highest BCUT2D eigenvalue weighted by Gasteiger charge is 2.18. The molecule has 28 heavy (non-hydrogen) atoms. The summed E-state index contributed by atoms with van der Waals surface area (Å²) in [5, 5.41) is 13.7. The van der Waals surface area contributed by atoms with Crippen LogP contribution in [0.15, 0.2) is 54.6 Å². The number of esters is 1. The molecule has 0 spiro atoms. The summed E-state index contributed by atoms with van der Waals surface area (Å²) in [6, 6.07) is 16.0. The van der Waals surface area contributed by atoms with Crippen molar-refractivity contribution in [3.05, 3.63) is 60.2 Å². The summed E-state index contributed by atoms with van der Waals surface area (Å²) >= 11 is 0. The van der Waals surface area contributed by atoms with Crippen LogP contribution in [-0.4, -0.2) is 37.0 Å². The molecule has 0 aliphatic heterocycles. The molecular formula is C20H19N3O5. The molecule has 2 aromatic rings. The number of rotatable bonds is 8. The lowest BCUT2D eigenvalue weighted by Crippen LogP contribution is -2.42. The minimum absolute atomic E-state index is 0.249. The molecule has 2 rings (SSSR count). The second-order valence-electron chi connectivity index (χ2n) is 5.74. The van der Waals surface area contributed by atoms with Gasteiger partial charge in [-0.15, -0.1) is 0 Å². The van der Waals surface area contributed by atoms with Gasteiger partial charge < -0.3 is 20.1 Å². The minimum Gasteiger partial charge on any atom is -0.484 e. The Labute approximate surface area is 162 Å². The average molecular weight is 381 g/mol. The smallest absolute Gasteiger partial charge is 0.328 e. The summed E-state index contributed by atoms with van der Waals surface area (Å²) in [5.41, 5.74) is 0.935. The molecule has 0 aliphatic rings. The Bertz CT molecular complexity index is 860. The fraction of sp³-hybridized carbons (Fsp3) is 0.200. The molecule has 2 N–H and O–H groups in total. The number of nitriles is 1. The average Bonchev–Trinajstić information content (AvgIpc) is 2.71. The molecule has 0 aromatic heterocycles. The van der Waals surface area contributed by atoms with E-state index in [1.807, 2.05) is 12.1 Å². The molecule has 8 nitrogen and oxygen atoms in total. The van der Waals surface area contributed by atoms with Crippen LogP contribution in [0.25, 0.3) is 0 Å². The molecule has 0 saturated carbocycles. The maximum atomic E-state index is 11.9.